The SMILES string of the molecule is NC(=O)CNC(=O)C(CSc1cc(O)n(Cc2ccccc2)c1O)NC(=O)C(N)CCNC(=O)Oc1ccc(CC(N)C(=O)Nc2ccccc2)cc1. The summed E-state index contributed by atoms with van der Waals surface area (Å²) in [7, 11) is 0. The first-order chi connectivity index (χ1) is 25.4. The standard InChI is InChI=1S/C36H42N8O8S/c37-26(15-16-40-36(51)52-25-13-11-22(12-14-25)17-27(38)33(48)42-24-9-5-2-6-10-24)32(47)43-28(34(49)41-19-30(39)45)21-53-29-18-31(46)44(35(29)50)20-23-7-3-1-4-8-23/h1-14,18,26-28,46,50H,15-17,19-21,37-38H2,(H2,39,45)(H,40,51)(H,41,49)(H,42,48)(H,43,47). The fourth-order valence-corrected chi connectivity index (χ4v) is 5.87. The average Bonchev–Trinajstić information content (AvgIpc) is 3.41. The molecule has 4 rings (SSSR count). The predicted molar refractivity (Wildman–Crippen MR) is 198 cm³/mol. The van der Waals surface area contributed by atoms with Crippen LogP contribution < -0.4 is 43.2 Å². The van der Waals surface area contributed by atoms with Crippen molar-refractivity contribution in [2.24, 2.45) is 17.2 Å². The monoisotopic (exact) mass is 746 g/mol. The lowest BCUT2D eigenvalue weighted by Crippen LogP contribution is -2.54. The number of para-hydroxylation sites is 1. The lowest BCUT2D eigenvalue weighted by atomic mass is 10.1. The molecule has 0 saturated heterocycles. The van der Waals surface area contributed by atoms with E-state index in [1.54, 1.807) is 48.5 Å². The molecule has 3 unspecified atom stereocenters. The van der Waals surface area contributed by atoms with Gasteiger partial charge in [-0.15, -0.1) is 11.8 Å². The molecule has 3 atom stereocenters. The summed E-state index contributed by atoms with van der Waals surface area (Å²) in [5, 5.41) is 31.3. The number of hydrogen-bond acceptors (Lipinski definition) is 11. The number of rotatable bonds is 18. The van der Waals surface area contributed by atoms with Gasteiger partial charge >= 0.3 is 6.09 Å². The van der Waals surface area contributed by atoms with E-state index in [4.69, 9.17) is 21.9 Å². The first-order valence-electron chi connectivity index (χ1n) is 16.5. The van der Waals surface area contributed by atoms with Gasteiger partial charge in [-0.3, -0.25) is 23.7 Å². The van der Waals surface area contributed by atoms with Gasteiger partial charge in [-0.2, -0.15) is 0 Å². The van der Waals surface area contributed by atoms with E-state index < -0.39 is 48.5 Å². The third kappa shape index (κ3) is 12.6. The van der Waals surface area contributed by atoms with Crippen LogP contribution in [0.1, 0.15) is 17.5 Å². The number of hydrogen-bond donors (Lipinski definition) is 9. The predicted octanol–water partition coefficient (Wildman–Crippen LogP) is 1.14. The Balaban J connectivity index is 1.24. The first-order valence-corrected chi connectivity index (χ1v) is 17.4. The van der Waals surface area contributed by atoms with Crippen LogP contribution in [0, 0.1) is 0 Å². The summed E-state index contributed by atoms with van der Waals surface area (Å²) >= 11 is 0.984. The van der Waals surface area contributed by atoms with Crippen molar-refractivity contribution in [1.29, 1.82) is 0 Å². The molecule has 12 N–H and O–H groups in total. The van der Waals surface area contributed by atoms with Crippen LogP contribution in [-0.4, -0.2) is 81.5 Å². The minimum atomic E-state index is -1.22. The number of nitrogens with one attached hydrogen (secondary N) is 4. The molecule has 4 aromatic rings. The number of nitrogens with two attached hydrogens (primary N) is 3. The van der Waals surface area contributed by atoms with Crippen LogP contribution in [0.4, 0.5) is 10.5 Å². The number of primary amides is 1. The number of benzene rings is 3. The molecular formula is C36H42N8O8S. The van der Waals surface area contributed by atoms with Crippen LogP contribution in [0.15, 0.2) is 95.9 Å². The molecule has 0 aliphatic heterocycles. The van der Waals surface area contributed by atoms with Crippen LogP contribution in [0.25, 0.3) is 0 Å². The van der Waals surface area contributed by atoms with Crippen molar-refractivity contribution in [1.82, 2.24) is 20.5 Å². The molecule has 0 radical (unpaired) electrons. The van der Waals surface area contributed by atoms with Crippen molar-refractivity contribution in [3.05, 3.63) is 102 Å². The van der Waals surface area contributed by atoms with Gasteiger partial charge in [0, 0.05) is 24.1 Å². The lowest BCUT2D eigenvalue weighted by molar-refractivity contribution is -0.130. The average molecular weight is 747 g/mol. The van der Waals surface area contributed by atoms with Crippen molar-refractivity contribution >= 4 is 47.2 Å². The van der Waals surface area contributed by atoms with Crippen LogP contribution >= 0.6 is 11.8 Å². The highest BCUT2D eigenvalue weighted by Crippen LogP contribution is 2.36. The number of aromatic nitrogens is 1. The van der Waals surface area contributed by atoms with Gasteiger partial charge in [0.2, 0.25) is 29.5 Å². The number of thioether (sulfide) groups is 1. The Hall–Kier alpha value is -6.04. The van der Waals surface area contributed by atoms with Crippen molar-refractivity contribution in [3.63, 3.8) is 0 Å². The number of nitrogens with zero attached hydrogens (tertiary/aromatic N) is 1. The highest BCUT2D eigenvalue weighted by atomic mass is 32.2. The normalized spacial score (nSPS) is 12.5. The van der Waals surface area contributed by atoms with Gasteiger partial charge in [-0.05, 0) is 48.2 Å². The van der Waals surface area contributed by atoms with Crippen molar-refractivity contribution in [2.75, 3.05) is 24.2 Å². The number of amides is 5. The highest BCUT2D eigenvalue weighted by Gasteiger charge is 2.26. The third-order valence-electron chi connectivity index (χ3n) is 7.70. The molecule has 17 heteroatoms. The molecule has 3 aromatic carbocycles. The molecule has 1 heterocycles. The van der Waals surface area contributed by atoms with Crippen LogP contribution in [-0.2, 0) is 32.1 Å². The van der Waals surface area contributed by atoms with Gasteiger partial charge < -0.3 is 53.4 Å². The summed E-state index contributed by atoms with van der Waals surface area (Å²) in [5.41, 5.74) is 19.5. The number of anilines is 1. The largest absolute Gasteiger partial charge is 0.494 e. The Morgan fingerprint density at radius 2 is 1.45 bits per heavy atom. The minimum absolute atomic E-state index is 0.0252. The Bertz CT molecular complexity index is 1860. The molecule has 5 amide bonds. The lowest BCUT2D eigenvalue weighted by Gasteiger charge is -2.20. The molecule has 53 heavy (non-hydrogen) atoms. The summed E-state index contributed by atoms with van der Waals surface area (Å²) in [6.45, 7) is -0.338. The molecule has 0 fully saturated rings. The van der Waals surface area contributed by atoms with E-state index in [9.17, 15) is 34.2 Å². The quantitative estimate of drug-likeness (QED) is 0.0652. The topological polar surface area (TPSA) is 266 Å². The van der Waals surface area contributed by atoms with Crippen molar-refractivity contribution in [2.45, 2.75) is 42.4 Å². The Kier molecular flexibility index (Phi) is 14.6. The molecule has 0 spiro atoms. The second-order valence-electron chi connectivity index (χ2n) is 11.8. The van der Waals surface area contributed by atoms with E-state index in [1.165, 1.54) is 10.6 Å². The van der Waals surface area contributed by atoms with E-state index in [0.717, 1.165) is 22.9 Å². The maximum atomic E-state index is 13.0. The van der Waals surface area contributed by atoms with Gasteiger partial charge in [0.25, 0.3) is 0 Å². The zero-order valence-corrected chi connectivity index (χ0v) is 29.4. The Morgan fingerprint density at radius 1 is 0.792 bits per heavy atom. The van der Waals surface area contributed by atoms with E-state index in [0.29, 0.717) is 5.69 Å². The fraction of sp³-hybridized carbons (Fsp3) is 0.250. The zero-order valence-electron chi connectivity index (χ0n) is 28.6. The minimum Gasteiger partial charge on any atom is -0.494 e. The smallest absolute Gasteiger partial charge is 0.412 e. The zero-order chi connectivity index (χ0) is 38.3. The van der Waals surface area contributed by atoms with Crippen molar-refractivity contribution < 1.29 is 38.9 Å². The van der Waals surface area contributed by atoms with E-state index in [-0.39, 0.29) is 60.0 Å². The molecule has 0 aliphatic rings. The number of ether oxygens (including phenoxy) is 1. The third-order valence-corrected chi connectivity index (χ3v) is 8.81. The van der Waals surface area contributed by atoms with Gasteiger partial charge in [0.05, 0.1) is 30.1 Å². The molecule has 1 aromatic heterocycles. The number of carbonyl (C=O) groups excluding carboxylic acids is 5. The number of carbonyl (C=O) groups is 5. The van der Waals surface area contributed by atoms with Gasteiger partial charge in [0.15, 0.2) is 5.88 Å². The van der Waals surface area contributed by atoms with Gasteiger partial charge in [-0.1, -0.05) is 60.7 Å². The van der Waals surface area contributed by atoms with E-state index in [2.05, 4.69) is 21.3 Å². The molecular weight excluding hydrogens is 705 g/mol. The van der Waals surface area contributed by atoms with Crippen LogP contribution in [0.3, 0.4) is 0 Å². The van der Waals surface area contributed by atoms with E-state index in [1.807, 2.05) is 36.4 Å². The highest BCUT2D eigenvalue weighted by molar-refractivity contribution is 7.99. The summed E-state index contributed by atoms with van der Waals surface area (Å²) in [6.07, 6.45) is -0.569. The van der Waals surface area contributed by atoms with Crippen molar-refractivity contribution in [3.8, 4) is 17.5 Å². The van der Waals surface area contributed by atoms with Crippen LogP contribution in [0.2, 0.25) is 0 Å². The molecule has 0 bridgehead atoms. The van der Waals surface area contributed by atoms with Gasteiger partial charge in [0.1, 0.15) is 11.8 Å². The summed E-state index contributed by atoms with van der Waals surface area (Å²) in [5.74, 6) is -2.91. The maximum absolute atomic E-state index is 13.0. The van der Waals surface area contributed by atoms with Crippen LogP contribution in [0.5, 0.6) is 17.5 Å². The summed E-state index contributed by atoms with van der Waals surface area (Å²) in [6, 6.07) is 22.7. The Labute approximate surface area is 309 Å². The Morgan fingerprint density at radius 3 is 2.11 bits per heavy atom. The second kappa shape index (κ2) is 19.5. The van der Waals surface area contributed by atoms with E-state index >= 15 is 0 Å². The molecule has 16 nitrogen and oxygen atoms in total. The number of aromatic hydroxyl groups is 2. The summed E-state index contributed by atoms with van der Waals surface area (Å²) in [4.78, 5) is 62.1. The van der Waals surface area contributed by atoms with Gasteiger partial charge in [-0.25, -0.2) is 4.79 Å². The molecule has 0 saturated carbocycles. The first kappa shape index (κ1) is 39.7. The molecule has 280 valence electrons. The second-order valence-corrected chi connectivity index (χ2v) is 12.9. The summed E-state index contributed by atoms with van der Waals surface area (Å²) < 4.78 is 6.56. The molecule has 0 aliphatic carbocycles. The fourth-order valence-electron chi connectivity index (χ4n) is 4.86. The maximum Gasteiger partial charge on any atom is 0.412 e.